The largest absolute Gasteiger partial charge is 0.465 e. The summed E-state index contributed by atoms with van der Waals surface area (Å²) < 4.78 is 2.15. The van der Waals surface area contributed by atoms with Gasteiger partial charge in [0.1, 0.15) is 6.04 Å². The van der Waals surface area contributed by atoms with Gasteiger partial charge in [0.25, 0.3) is 0 Å². The van der Waals surface area contributed by atoms with Crippen LogP contribution in [0.25, 0.3) is 10.8 Å². The Morgan fingerprint density at radius 1 is 1.19 bits per heavy atom. The quantitative estimate of drug-likeness (QED) is 0.724. The number of rotatable bonds is 1. The van der Waals surface area contributed by atoms with Gasteiger partial charge in [0.15, 0.2) is 0 Å². The molecule has 1 aromatic carbocycles. The van der Waals surface area contributed by atoms with Crippen LogP contribution in [-0.2, 0) is 12.0 Å². The predicted molar refractivity (Wildman–Crippen MR) is 99.2 cm³/mol. The fourth-order valence-corrected chi connectivity index (χ4v) is 3.70. The number of amides is 1. The fraction of sp³-hybridized carbons (Fsp3) is 0.350. The van der Waals surface area contributed by atoms with Gasteiger partial charge < -0.3 is 9.67 Å². The van der Waals surface area contributed by atoms with Crippen LogP contribution in [0.5, 0.6) is 0 Å². The third kappa shape index (κ3) is 2.62. The molecule has 1 N–H and O–H groups in total. The molecule has 1 amide bonds. The van der Waals surface area contributed by atoms with E-state index in [0.717, 1.165) is 22.2 Å². The highest BCUT2D eigenvalue weighted by Gasteiger charge is 2.37. The van der Waals surface area contributed by atoms with Crippen LogP contribution in [0.1, 0.15) is 43.9 Å². The summed E-state index contributed by atoms with van der Waals surface area (Å²) in [6, 6.07) is 9.45. The number of pyridine rings is 1. The maximum Gasteiger partial charge on any atom is 0.408 e. The van der Waals surface area contributed by atoms with Gasteiger partial charge in [-0.05, 0) is 32.2 Å². The van der Waals surface area contributed by atoms with E-state index in [-0.39, 0.29) is 5.54 Å². The van der Waals surface area contributed by atoms with Crippen molar-refractivity contribution in [2.75, 3.05) is 6.54 Å². The topological polar surface area (TPSA) is 71.2 Å². The van der Waals surface area contributed by atoms with E-state index in [9.17, 15) is 9.90 Å². The first-order valence-corrected chi connectivity index (χ1v) is 8.77. The minimum Gasteiger partial charge on any atom is -0.465 e. The minimum atomic E-state index is -0.944. The summed E-state index contributed by atoms with van der Waals surface area (Å²) in [5.74, 6) is 0. The van der Waals surface area contributed by atoms with Crippen molar-refractivity contribution in [3.8, 4) is 0 Å². The molecule has 2 aromatic heterocycles. The Bertz CT molecular complexity index is 987. The Kier molecular flexibility index (Phi) is 3.72. The molecule has 134 valence electrons. The molecule has 1 aliphatic heterocycles. The highest BCUT2D eigenvalue weighted by atomic mass is 16.4. The molecule has 1 atom stereocenters. The lowest BCUT2D eigenvalue weighted by atomic mass is 9.97. The van der Waals surface area contributed by atoms with Gasteiger partial charge in [0.05, 0.1) is 17.7 Å². The lowest BCUT2D eigenvalue weighted by Gasteiger charge is -2.34. The zero-order chi connectivity index (χ0) is 18.5. The van der Waals surface area contributed by atoms with Crippen LogP contribution < -0.4 is 0 Å². The molecule has 6 nitrogen and oxygen atoms in total. The summed E-state index contributed by atoms with van der Waals surface area (Å²) >= 11 is 0. The molecular formula is C20H22N4O2. The van der Waals surface area contributed by atoms with Crippen molar-refractivity contribution in [1.82, 2.24) is 19.4 Å². The monoisotopic (exact) mass is 350 g/mol. The van der Waals surface area contributed by atoms with E-state index in [1.54, 1.807) is 6.20 Å². The number of hydrogen-bond donors (Lipinski definition) is 1. The molecule has 0 saturated heterocycles. The Labute approximate surface area is 152 Å². The average molecular weight is 350 g/mol. The third-order valence-corrected chi connectivity index (χ3v) is 4.96. The standard InChI is InChI=1S/C20H22N4O2/c1-20(2,3)24-12-22-17-16(24)8-9-23(19(25)26)18(17)15-10-13-6-4-5-7-14(13)11-21-15/h4-7,10-12,18H,8-9H2,1-3H3,(H,25,26). The Balaban J connectivity index is 1.88. The van der Waals surface area contributed by atoms with E-state index in [2.05, 4.69) is 35.3 Å². The molecule has 1 aliphatic rings. The van der Waals surface area contributed by atoms with Gasteiger partial charge in [-0.3, -0.25) is 9.88 Å². The number of imidazole rings is 1. The second kappa shape index (κ2) is 5.83. The normalized spacial score (nSPS) is 17.3. The van der Waals surface area contributed by atoms with Crippen LogP contribution in [0.3, 0.4) is 0 Å². The summed E-state index contributed by atoms with van der Waals surface area (Å²) in [4.78, 5) is 22.5. The smallest absolute Gasteiger partial charge is 0.408 e. The lowest BCUT2D eigenvalue weighted by Crippen LogP contribution is -2.41. The van der Waals surface area contributed by atoms with Crippen molar-refractivity contribution in [1.29, 1.82) is 0 Å². The average Bonchev–Trinajstić information content (AvgIpc) is 3.04. The van der Waals surface area contributed by atoms with Crippen LogP contribution in [0.2, 0.25) is 0 Å². The van der Waals surface area contributed by atoms with Crippen molar-refractivity contribution in [2.24, 2.45) is 0 Å². The predicted octanol–water partition coefficient (Wildman–Crippen LogP) is 3.81. The van der Waals surface area contributed by atoms with Gasteiger partial charge in [0, 0.05) is 35.8 Å². The summed E-state index contributed by atoms with van der Waals surface area (Å²) in [6.07, 6.45) is 3.34. The van der Waals surface area contributed by atoms with Gasteiger partial charge in [-0.25, -0.2) is 9.78 Å². The highest BCUT2D eigenvalue weighted by Crippen LogP contribution is 2.36. The molecule has 0 saturated carbocycles. The zero-order valence-corrected chi connectivity index (χ0v) is 15.2. The molecule has 0 spiro atoms. The molecule has 3 aromatic rings. The van der Waals surface area contributed by atoms with E-state index in [1.807, 2.05) is 36.7 Å². The van der Waals surface area contributed by atoms with E-state index < -0.39 is 12.1 Å². The first kappa shape index (κ1) is 16.6. The van der Waals surface area contributed by atoms with E-state index in [4.69, 9.17) is 0 Å². The molecule has 0 bridgehead atoms. The summed E-state index contributed by atoms with van der Waals surface area (Å²) in [5.41, 5.74) is 2.49. The first-order valence-electron chi connectivity index (χ1n) is 8.77. The second-order valence-corrected chi connectivity index (χ2v) is 7.70. The van der Waals surface area contributed by atoms with Gasteiger partial charge in [-0.2, -0.15) is 0 Å². The number of fused-ring (bicyclic) bond motifs is 2. The second-order valence-electron chi connectivity index (χ2n) is 7.70. The molecule has 3 heterocycles. The van der Waals surface area contributed by atoms with Crippen LogP contribution in [0, 0.1) is 0 Å². The lowest BCUT2D eigenvalue weighted by molar-refractivity contribution is 0.126. The number of carboxylic acid groups (broad SMARTS) is 1. The molecule has 1 unspecified atom stereocenters. The molecule has 6 heteroatoms. The minimum absolute atomic E-state index is 0.104. The fourth-order valence-electron chi connectivity index (χ4n) is 3.70. The van der Waals surface area contributed by atoms with Crippen LogP contribution in [0.15, 0.2) is 42.9 Å². The van der Waals surface area contributed by atoms with Crippen molar-refractivity contribution in [3.05, 3.63) is 59.9 Å². The third-order valence-electron chi connectivity index (χ3n) is 4.96. The van der Waals surface area contributed by atoms with Gasteiger partial charge in [-0.15, -0.1) is 0 Å². The molecular weight excluding hydrogens is 328 g/mol. The van der Waals surface area contributed by atoms with Crippen LogP contribution in [0.4, 0.5) is 4.79 Å². The van der Waals surface area contributed by atoms with E-state index in [1.165, 1.54) is 4.90 Å². The number of nitrogens with zero attached hydrogens (tertiary/aromatic N) is 4. The molecule has 0 radical (unpaired) electrons. The number of aromatic nitrogens is 3. The van der Waals surface area contributed by atoms with Crippen molar-refractivity contribution >= 4 is 16.9 Å². The first-order chi connectivity index (χ1) is 12.4. The Morgan fingerprint density at radius 2 is 1.92 bits per heavy atom. The number of hydrogen-bond acceptors (Lipinski definition) is 3. The van der Waals surface area contributed by atoms with Gasteiger partial charge >= 0.3 is 6.09 Å². The molecule has 4 rings (SSSR count). The van der Waals surface area contributed by atoms with Crippen molar-refractivity contribution in [3.63, 3.8) is 0 Å². The van der Waals surface area contributed by atoms with E-state index >= 15 is 0 Å². The number of carbonyl (C=O) groups is 1. The SMILES string of the molecule is CC(C)(C)n1cnc2c1CCN(C(=O)O)C2c1cc2ccccc2cn1. The molecule has 0 aliphatic carbocycles. The number of benzene rings is 1. The summed E-state index contributed by atoms with van der Waals surface area (Å²) in [6.45, 7) is 6.81. The maximum atomic E-state index is 11.9. The Morgan fingerprint density at radius 3 is 2.62 bits per heavy atom. The maximum absolute atomic E-state index is 11.9. The summed E-state index contributed by atoms with van der Waals surface area (Å²) in [5, 5.41) is 11.8. The van der Waals surface area contributed by atoms with Crippen LogP contribution in [-0.4, -0.2) is 37.2 Å². The van der Waals surface area contributed by atoms with Gasteiger partial charge in [-0.1, -0.05) is 24.3 Å². The highest BCUT2D eigenvalue weighted by molar-refractivity contribution is 5.82. The van der Waals surface area contributed by atoms with Crippen molar-refractivity contribution < 1.29 is 9.90 Å². The Hall–Kier alpha value is -2.89. The molecule has 0 fully saturated rings. The zero-order valence-electron chi connectivity index (χ0n) is 15.2. The van der Waals surface area contributed by atoms with Crippen LogP contribution >= 0.6 is 0 Å². The van der Waals surface area contributed by atoms with Crippen molar-refractivity contribution in [2.45, 2.75) is 38.8 Å². The van der Waals surface area contributed by atoms with E-state index in [0.29, 0.717) is 18.7 Å². The summed E-state index contributed by atoms with van der Waals surface area (Å²) in [7, 11) is 0. The molecule has 26 heavy (non-hydrogen) atoms. The van der Waals surface area contributed by atoms with Gasteiger partial charge in [0.2, 0.25) is 0 Å².